The van der Waals surface area contributed by atoms with Gasteiger partial charge in [0.05, 0.1) is 18.1 Å². The van der Waals surface area contributed by atoms with E-state index in [-0.39, 0.29) is 24.6 Å². The lowest BCUT2D eigenvalue weighted by atomic mass is 10.1. The van der Waals surface area contributed by atoms with Gasteiger partial charge in [0.2, 0.25) is 5.91 Å². The molecule has 1 N–H and O–H groups in total. The monoisotopic (exact) mass is 270 g/mol. The minimum atomic E-state index is -0.541. The molecule has 18 heavy (non-hydrogen) atoms. The van der Waals surface area contributed by atoms with Gasteiger partial charge in [0, 0.05) is 19.2 Å². The summed E-state index contributed by atoms with van der Waals surface area (Å²) in [6.45, 7) is 0.134. The van der Waals surface area contributed by atoms with Crippen molar-refractivity contribution in [3.8, 4) is 0 Å². The highest BCUT2D eigenvalue weighted by atomic mass is 35.5. The van der Waals surface area contributed by atoms with Crippen LogP contribution in [-0.4, -0.2) is 30.5 Å². The molecular formula is C11H11ClN2O4. The largest absolute Gasteiger partial charge is 0.469 e. The first-order valence-corrected chi connectivity index (χ1v) is 5.67. The Labute approximate surface area is 107 Å². The van der Waals surface area contributed by atoms with Gasteiger partial charge in [0.15, 0.2) is 0 Å². The molecule has 1 unspecified atom stereocenters. The quantitative estimate of drug-likeness (QED) is 0.796. The summed E-state index contributed by atoms with van der Waals surface area (Å²) in [5, 5.41) is 0.318. The van der Waals surface area contributed by atoms with Crippen molar-refractivity contribution in [2.24, 2.45) is 5.92 Å². The van der Waals surface area contributed by atoms with E-state index in [9.17, 15) is 14.4 Å². The van der Waals surface area contributed by atoms with E-state index in [0.29, 0.717) is 5.02 Å². The highest BCUT2D eigenvalue weighted by Crippen LogP contribution is 2.24. The number of carbonyl (C=O) groups is 2. The lowest BCUT2D eigenvalue weighted by Crippen LogP contribution is -2.31. The molecule has 0 aromatic carbocycles. The molecule has 1 atom stereocenters. The summed E-state index contributed by atoms with van der Waals surface area (Å²) in [5.74, 6) is -1.29. The van der Waals surface area contributed by atoms with Crippen molar-refractivity contribution in [3.05, 3.63) is 27.6 Å². The van der Waals surface area contributed by atoms with E-state index in [1.54, 1.807) is 0 Å². The standard InChI is InChI=1S/C11H11ClN2O4/c1-18-11(17)6-2-9(15)14(5-6)8-3-7(12)4-13-10(8)16/h3-4,6H,2,5H2,1H3,(H,13,16). The van der Waals surface area contributed by atoms with Crippen molar-refractivity contribution in [1.29, 1.82) is 0 Å². The maximum absolute atomic E-state index is 11.8. The Hall–Kier alpha value is -1.82. The van der Waals surface area contributed by atoms with Crippen LogP contribution in [0.3, 0.4) is 0 Å². The lowest BCUT2D eigenvalue weighted by molar-refractivity contribution is -0.145. The van der Waals surface area contributed by atoms with Crippen LogP contribution in [0.5, 0.6) is 0 Å². The summed E-state index contributed by atoms with van der Waals surface area (Å²) in [5.41, 5.74) is -0.267. The first kappa shape index (κ1) is 12.6. The third-order valence-electron chi connectivity index (χ3n) is 2.80. The summed E-state index contributed by atoms with van der Waals surface area (Å²) < 4.78 is 4.59. The number of pyridine rings is 1. The number of amides is 1. The zero-order valence-corrected chi connectivity index (χ0v) is 10.4. The number of H-pyrrole nitrogens is 1. The molecule has 1 aromatic heterocycles. The third-order valence-corrected chi connectivity index (χ3v) is 3.02. The van der Waals surface area contributed by atoms with Crippen LogP contribution in [0, 0.1) is 5.92 Å². The van der Waals surface area contributed by atoms with Gasteiger partial charge in [-0.3, -0.25) is 14.4 Å². The van der Waals surface area contributed by atoms with Crippen LogP contribution in [-0.2, 0) is 14.3 Å². The average Bonchev–Trinajstić information content (AvgIpc) is 2.73. The Morgan fingerprint density at radius 1 is 1.56 bits per heavy atom. The Bertz CT molecular complexity index is 554. The number of hydrogen-bond acceptors (Lipinski definition) is 4. The number of carbonyl (C=O) groups excluding carboxylic acids is 2. The Morgan fingerprint density at radius 2 is 2.28 bits per heavy atom. The van der Waals surface area contributed by atoms with Gasteiger partial charge >= 0.3 is 5.97 Å². The summed E-state index contributed by atoms with van der Waals surface area (Å²) >= 11 is 5.77. The number of aromatic amines is 1. The molecule has 6 nitrogen and oxygen atoms in total. The minimum absolute atomic E-state index is 0.0403. The molecule has 0 radical (unpaired) electrons. The van der Waals surface area contributed by atoms with Gasteiger partial charge in [-0.05, 0) is 6.07 Å². The van der Waals surface area contributed by atoms with Gasteiger partial charge in [-0.1, -0.05) is 11.6 Å². The number of esters is 1. The zero-order valence-electron chi connectivity index (χ0n) is 9.60. The number of ether oxygens (including phenoxy) is 1. The van der Waals surface area contributed by atoms with E-state index in [1.807, 2.05) is 0 Å². The maximum atomic E-state index is 11.8. The summed E-state index contributed by atoms with van der Waals surface area (Å²) in [4.78, 5) is 38.5. The van der Waals surface area contributed by atoms with Crippen LogP contribution in [0.4, 0.5) is 5.69 Å². The molecular weight excluding hydrogens is 260 g/mol. The molecule has 1 amide bonds. The summed E-state index contributed by atoms with van der Waals surface area (Å²) in [6, 6.07) is 1.40. The normalized spacial score (nSPS) is 19.1. The van der Waals surface area contributed by atoms with Crippen LogP contribution < -0.4 is 10.5 Å². The van der Waals surface area contributed by atoms with Crippen molar-refractivity contribution in [2.75, 3.05) is 18.6 Å². The average molecular weight is 271 g/mol. The second-order valence-electron chi connectivity index (χ2n) is 3.96. The van der Waals surface area contributed by atoms with Crippen LogP contribution in [0.15, 0.2) is 17.1 Å². The van der Waals surface area contributed by atoms with Crippen molar-refractivity contribution in [1.82, 2.24) is 4.98 Å². The minimum Gasteiger partial charge on any atom is -0.469 e. The van der Waals surface area contributed by atoms with Gasteiger partial charge in [-0.25, -0.2) is 0 Å². The smallest absolute Gasteiger partial charge is 0.311 e. The number of rotatable bonds is 2. The summed E-state index contributed by atoms with van der Waals surface area (Å²) in [6.07, 6.45) is 1.38. The predicted octanol–water partition coefficient (Wildman–Crippen LogP) is 0.554. The summed E-state index contributed by atoms with van der Waals surface area (Å²) in [7, 11) is 1.27. The lowest BCUT2D eigenvalue weighted by Gasteiger charge is -2.15. The molecule has 96 valence electrons. The second kappa shape index (κ2) is 4.81. The molecule has 2 rings (SSSR count). The van der Waals surface area contributed by atoms with Crippen molar-refractivity contribution < 1.29 is 14.3 Å². The van der Waals surface area contributed by atoms with E-state index in [0.717, 1.165) is 0 Å². The molecule has 1 aliphatic rings. The predicted molar refractivity (Wildman–Crippen MR) is 64.5 cm³/mol. The number of aromatic nitrogens is 1. The van der Waals surface area contributed by atoms with Crippen molar-refractivity contribution in [2.45, 2.75) is 6.42 Å². The van der Waals surface area contributed by atoms with Gasteiger partial charge in [0.25, 0.3) is 5.56 Å². The number of nitrogens with one attached hydrogen (secondary N) is 1. The molecule has 7 heteroatoms. The fourth-order valence-electron chi connectivity index (χ4n) is 1.91. The number of anilines is 1. The third kappa shape index (κ3) is 2.24. The van der Waals surface area contributed by atoms with Crippen LogP contribution in [0.1, 0.15) is 6.42 Å². The highest BCUT2D eigenvalue weighted by Gasteiger charge is 2.36. The number of nitrogens with zero attached hydrogens (tertiary/aromatic N) is 1. The number of halogens is 1. The molecule has 1 aromatic rings. The Morgan fingerprint density at radius 3 is 2.94 bits per heavy atom. The van der Waals surface area contributed by atoms with Gasteiger partial charge in [0.1, 0.15) is 5.69 Å². The fraction of sp³-hybridized carbons (Fsp3) is 0.364. The second-order valence-corrected chi connectivity index (χ2v) is 4.40. The van der Waals surface area contributed by atoms with Gasteiger partial charge in [-0.15, -0.1) is 0 Å². The molecule has 0 spiro atoms. The first-order valence-electron chi connectivity index (χ1n) is 5.29. The van der Waals surface area contributed by atoms with Gasteiger partial charge < -0.3 is 14.6 Å². The molecule has 0 saturated carbocycles. The van der Waals surface area contributed by atoms with Crippen molar-refractivity contribution in [3.63, 3.8) is 0 Å². The van der Waals surface area contributed by atoms with Crippen molar-refractivity contribution >= 4 is 29.2 Å². The first-order chi connectivity index (χ1) is 8.52. The Balaban J connectivity index is 2.30. The molecule has 1 aliphatic heterocycles. The van der Waals surface area contributed by atoms with Gasteiger partial charge in [-0.2, -0.15) is 0 Å². The molecule has 1 fully saturated rings. The highest BCUT2D eigenvalue weighted by molar-refractivity contribution is 6.30. The number of hydrogen-bond donors (Lipinski definition) is 1. The fourth-order valence-corrected chi connectivity index (χ4v) is 2.07. The SMILES string of the molecule is COC(=O)C1CC(=O)N(c2cc(Cl)c[nH]c2=O)C1. The molecule has 1 saturated heterocycles. The number of methoxy groups -OCH3 is 1. The Kier molecular flexibility index (Phi) is 3.38. The van der Waals surface area contributed by atoms with E-state index in [4.69, 9.17) is 11.6 Å². The maximum Gasteiger partial charge on any atom is 0.311 e. The van der Waals surface area contributed by atoms with E-state index in [1.165, 1.54) is 24.3 Å². The van der Waals surface area contributed by atoms with E-state index >= 15 is 0 Å². The van der Waals surface area contributed by atoms with Crippen LogP contribution in [0.2, 0.25) is 5.02 Å². The molecule has 2 heterocycles. The van der Waals surface area contributed by atoms with E-state index < -0.39 is 17.4 Å². The molecule has 0 aliphatic carbocycles. The van der Waals surface area contributed by atoms with E-state index in [2.05, 4.69) is 9.72 Å². The topological polar surface area (TPSA) is 79.5 Å². The molecule has 0 bridgehead atoms. The van der Waals surface area contributed by atoms with Crippen LogP contribution in [0.25, 0.3) is 0 Å². The van der Waals surface area contributed by atoms with Crippen LogP contribution >= 0.6 is 11.6 Å². The zero-order chi connectivity index (χ0) is 13.3.